The molecule has 0 atom stereocenters. The van der Waals surface area contributed by atoms with Crippen LogP contribution in [0.1, 0.15) is 31.9 Å². The largest absolute Gasteiger partial charge is 0.484 e. The third kappa shape index (κ3) is 5.90. The first-order valence-electron chi connectivity index (χ1n) is 9.95. The molecule has 8 heteroatoms. The molecule has 0 bridgehead atoms. The lowest BCUT2D eigenvalue weighted by atomic mass is 9.94. The third-order valence-corrected chi connectivity index (χ3v) is 5.39. The van der Waals surface area contributed by atoms with Crippen molar-refractivity contribution in [2.24, 2.45) is 0 Å². The van der Waals surface area contributed by atoms with Gasteiger partial charge in [0.2, 0.25) is 0 Å². The Balaban J connectivity index is 0.00000176. The van der Waals surface area contributed by atoms with Crippen molar-refractivity contribution < 1.29 is 26.7 Å². The number of ether oxygens (including phenoxy) is 1. The molecule has 0 aromatic heterocycles. The van der Waals surface area contributed by atoms with Crippen molar-refractivity contribution in [1.29, 1.82) is 0 Å². The quantitative estimate of drug-likeness (QED) is 0.270. The van der Waals surface area contributed by atoms with Gasteiger partial charge >= 0.3 is 6.18 Å². The van der Waals surface area contributed by atoms with Crippen LogP contribution in [0.4, 0.5) is 22.0 Å². The summed E-state index contributed by atoms with van der Waals surface area (Å²) < 4.78 is 72.5. The van der Waals surface area contributed by atoms with Gasteiger partial charge < -0.3 is 9.64 Å². The smallest absolute Gasteiger partial charge is 0.422 e. The number of nitrogens with zero attached hydrogens (tertiary/aromatic N) is 1. The van der Waals surface area contributed by atoms with Crippen LogP contribution in [0.3, 0.4) is 0 Å². The predicted octanol–water partition coefficient (Wildman–Crippen LogP) is 7.97. The lowest BCUT2D eigenvalue weighted by molar-refractivity contribution is -0.153. The molecule has 3 rings (SSSR count). The molecule has 0 saturated heterocycles. The van der Waals surface area contributed by atoms with Crippen LogP contribution >= 0.6 is 22.6 Å². The van der Waals surface area contributed by atoms with Gasteiger partial charge in [0.15, 0.2) is 6.61 Å². The van der Waals surface area contributed by atoms with E-state index >= 15 is 8.78 Å². The first-order chi connectivity index (χ1) is 15.1. The predicted molar refractivity (Wildman–Crippen MR) is 126 cm³/mol. The summed E-state index contributed by atoms with van der Waals surface area (Å²) in [6.45, 7) is 8.57. The van der Waals surface area contributed by atoms with Gasteiger partial charge in [0.1, 0.15) is 17.4 Å². The Bertz CT molecular complexity index is 1010. The van der Waals surface area contributed by atoms with E-state index in [2.05, 4.69) is 33.9 Å². The molecule has 0 spiro atoms. The molecule has 1 aliphatic rings. The average Bonchev–Trinajstić information content (AvgIpc) is 2.76. The standard InChI is InChI=1S/C22H17F5INO.C2H6/c1-3-29-13(2)19(28)11-16(14-7-5-4-6-8-14)21(29)20-17(23)9-15(10-18(20)24)30-12-22(25,26)27;1-2/h4-11H,2-3,12H2,1H3;1-2H3. The Hall–Kier alpha value is -2.36. The SMILES string of the molecule is C=C1C(I)=CC(c2ccccc2)=C(c2c(F)cc(OCC(F)(F)F)cc2F)N1CC.CC. The maximum atomic E-state index is 15.0. The van der Waals surface area contributed by atoms with E-state index in [1.165, 1.54) is 0 Å². The fourth-order valence-corrected chi connectivity index (χ4v) is 3.77. The van der Waals surface area contributed by atoms with E-state index in [0.29, 0.717) is 17.8 Å². The highest BCUT2D eigenvalue weighted by Crippen LogP contribution is 2.43. The van der Waals surface area contributed by atoms with E-state index in [-0.39, 0.29) is 11.3 Å². The third-order valence-electron chi connectivity index (χ3n) is 4.45. The summed E-state index contributed by atoms with van der Waals surface area (Å²) >= 11 is 2.11. The van der Waals surface area contributed by atoms with Crippen molar-refractivity contribution >= 4 is 33.9 Å². The minimum absolute atomic E-state index is 0.256. The van der Waals surface area contributed by atoms with E-state index in [0.717, 1.165) is 21.3 Å². The van der Waals surface area contributed by atoms with E-state index in [1.807, 2.05) is 39.0 Å². The Kier molecular flexibility index (Phi) is 8.89. The van der Waals surface area contributed by atoms with Gasteiger partial charge in [-0.2, -0.15) is 13.2 Å². The zero-order valence-corrected chi connectivity index (χ0v) is 20.0. The van der Waals surface area contributed by atoms with Gasteiger partial charge in [0.05, 0.1) is 11.3 Å². The summed E-state index contributed by atoms with van der Waals surface area (Å²) in [5, 5.41) is 0. The van der Waals surface area contributed by atoms with Crippen molar-refractivity contribution in [2.45, 2.75) is 26.9 Å². The molecular weight excluding hydrogens is 540 g/mol. The van der Waals surface area contributed by atoms with Crippen molar-refractivity contribution in [3.05, 3.63) is 87.2 Å². The highest BCUT2D eigenvalue weighted by atomic mass is 127. The topological polar surface area (TPSA) is 12.5 Å². The zero-order valence-electron chi connectivity index (χ0n) is 17.9. The number of hydrogen-bond donors (Lipinski definition) is 0. The van der Waals surface area contributed by atoms with Gasteiger partial charge in [0.25, 0.3) is 0 Å². The molecule has 0 aliphatic carbocycles. The second-order valence-corrected chi connectivity index (χ2v) is 7.64. The molecule has 0 fully saturated rings. The molecule has 1 aliphatic heterocycles. The second-order valence-electron chi connectivity index (χ2n) is 6.48. The van der Waals surface area contributed by atoms with Crippen molar-refractivity contribution in [2.75, 3.05) is 13.2 Å². The van der Waals surface area contributed by atoms with Crippen LogP contribution in [0.5, 0.6) is 5.75 Å². The van der Waals surface area contributed by atoms with Crippen molar-refractivity contribution in [3.8, 4) is 5.75 Å². The Labute approximate surface area is 198 Å². The van der Waals surface area contributed by atoms with Gasteiger partial charge in [-0.3, -0.25) is 0 Å². The van der Waals surface area contributed by atoms with E-state index in [4.69, 9.17) is 0 Å². The number of allylic oxidation sites excluding steroid dienone is 3. The second kappa shape index (κ2) is 11.0. The number of hydrogen-bond acceptors (Lipinski definition) is 2. The molecule has 2 aromatic carbocycles. The Morgan fingerprint density at radius 3 is 2.09 bits per heavy atom. The first-order valence-corrected chi connectivity index (χ1v) is 11.0. The summed E-state index contributed by atoms with van der Waals surface area (Å²) in [7, 11) is 0. The number of benzene rings is 2. The normalized spacial score (nSPS) is 14.1. The molecule has 0 unspecified atom stereocenters. The molecule has 0 saturated carbocycles. The summed E-state index contributed by atoms with van der Waals surface area (Å²) in [5.41, 5.74) is 1.80. The van der Waals surface area contributed by atoms with Gasteiger partial charge in [-0.1, -0.05) is 50.8 Å². The number of halogens is 6. The molecule has 1 heterocycles. The van der Waals surface area contributed by atoms with Crippen LogP contribution < -0.4 is 4.74 Å². The lowest BCUT2D eigenvalue weighted by Crippen LogP contribution is -2.26. The van der Waals surface area contributed by atoms with Gasteiger partial charge in [-0.25, -0.2) is 8.78 Å². The highest BCUT2D eigenvalue weighted by Gasteiger charge is 2.31. The molecule has 0 N–H and O–H groups in total. The number of alkyl halides is 3. The lowest BCUT2D eigenvalue weighted by Gasteiger charge is -2.34. The Morgan fingerprint density at radius 1 is 1.03 bits per heavy atom. The van der Waals surface area contributed by atoms with Crippen LogP contribution in [0, 0.1) is 11.6 Å². The zero-order chi connectivity index (χ0) is 24.1. The van der Waals surface area contributed by atoms with Gasteiger partial charge in [-0.05, 0) is 41.2 Å². The van der Waals surface area contributed by atoms with E-state index < -0.39 is 30.2 Å². The molecule has 0 radical (unpaired) electrons. The monoisotopic (exact) mass is 563 g/mol. The number of rotatable bonds is 5. The van der Waals surface area contributed by atoms with Crippen molar-refractivity contribution in [1.82, 2.24) is 4.90 Å². The molecule has 172 valence electrons. The number of likely N-dealkylation sites (N-methyl/N-ethyl adjacent to an activating group) is 1. The van der Waals surface area contributed by atoms with Crippen LogP contribution in [-0.4, -0.2) is 24.2 Å². The maximum Gasteiger partial charge on any atom is 0.422 e. The Morgan fingerprint density at radius 2 is 1.59 bits per heavy atom. The highest BCUT2D eigenvalue weighted by molar-refractivity contribution is 14.1. The minimum Gasteiger partial charge on any atom is -0.484 e. The van der Waals surface area contributed by atoms with Crippen LogP contribution in [0.15, 0.2) is 64.4 Å². The molecule has 2 nitrogen and oxygen atoms in total. The summed E-state index contributed by atoms with van der Waals surface area (Å²) in [4.78, 5) is 1.68. The average molecular weight is 563 g/mol. The summed E-state index contributed by atoms with van der Waals surface area (Å²) in [5.74, 6) is -2.57. The molecule has 0 amide bonds. The first kappa shape index (κ1) is 25.9. The molecule has 32 heavy (non-hydrogen) atoms. The minimum atomic E-state index is -4.61. The molecule has 2 aromatic rings. The van der Waals surface area contributed by atoms with E-state index in [9.17, 15) is 13.2 Å². The van der Waals surface area contributed by atoms with Gasteiger partial charge in [-0.15, -0.1) is 0 Å². The summed E-state index contributed by atoms with van der Waals surface area (Å²) in [6, 6.07) is 10.6. The van der Waals surface area contributed by atoms with Crippen LogP contribution in [0.25, 0.3) is 11.3 Å². The maximum absolute atomic E-state index is 15.0. The van der Waals surface area contributed by atoms with Crippen molar-refractivity contribution in [3.63, 3.8) is 0 Å². The molecular formula is C24H23F5INO. The fraction of sp³-hybridized carbons (Fsp3) is 0.250. The van der Waals surface area contributed by atoms with Gasteiger partial charge in [0, 0.05) is 33.5 Å². The van der Waals surface area contributed by atoms with Crippen LogP contribution in [-0.2, 0) is 0 Å². The fourth-order valence-electron chi connectivity index (χ4n) is 3.17. The van der Waals surface area contributed by atoms with E-state index in [1.54, 1.807) is 23.1 Å². The summed E-state index contributed by atoms with van der Waals surface area (Å²) in [6.07, 6.45) is -2.83. The van der Waals surface area contributed by atoms with Crippen LogP contribution in [0.2, 0.25) is 0 Å².